The molecule has 1 aliphatic heterocycles. The molecule has 1 saturated heterocycles. The summed E-state index contributed by atoms with van der Waals surface area (Å²) in [5.74, 6) is 0.758. The second kappa shape index (κ2) is 6.54. The zero-order chi connectivity index (χ0) is 15.5. The lowest BCUT2D eigenvalue weighted by atomic mass is 10.1. The maximum atomic E-state index is 9.89. The van der Waals surface area contributed by atoms with E-state index in [0.717, 1.165) is 37.6 Å². The zero-order valence-electron chi connectivity index (χ0n) is 13.3. The van der Waals surface area contributed by atoms with Crippen LogP contribution < -0.4 is 15.4 Å². The first kappa shape index (κ1) is 15.9. The molecule has 0 aliphatic carbocycles. The second-order valence-corrected chi connectivity index (χ2v) is 6.23. The molecule has 21 heavy (non-hydrogen) atoms. The Balaban J connectivity index is 1.97. The van der Waals surface area contributed by atoms with Gasteiger partial charge in [-0.3, -0.25) is 4.90 Å². The third kappa shape index (κ3) is 4.51. The van der Waals surface area contributed by atoms with Gasteiger partial charge in [-0.1, -0.05) is 0 Å². The van der Waals surface area contributed by atoms with E-state index in [-0.39, 0.29) is 0 Å². The van der Waals surface area contributed by atoms with Crippen LogP contribution in [0, 0.1) is 0 Å². The molecule has 2 rings (SSSR count). The Hall–Kier alpha value is -1.46. The molecule has 1 fully saturated rings. The van der Waals surface area contributed by atoms with E-state index in [9.17, 15) is 5.11 Å². The number of aliphatic hydroxyl groups is 1. The SMILES string of the molecule is CCOc1cc(N2CCN(CC(C)(C)O)CC2)ccc1N. The quantitative estimate of drug-likeness (QED) is 0.807. The van der Waals surface area contributed by atoms with Crippen LogP contribution in [0.25, 0.3) is 0 Å². The van der Waals surface area contributed by atoms with Crippen molar-refractivity contribution >= 4 is 11.4 Å². The molecule has 0 amide bonds. The Morgan fingerprint density at radius 1 is 1.24 bits per heavy atom. The summed E-state index contributed by atoms with van der Waals surface area (Å²) in [6, 6.07) is 5.97. The number of nitrogen functional groups attached to an aromatic ring is 1. The molecule has 118 valence electrons. The van der Waals surface area contributed by atoms with Crippen LogP contribution in [0.15, 0.2) is 18.2 Å². The molecule has 3 N–H and O–H groups in total. The highest BCUT2D eigenvalue weighted by atomic mass is 16.5. The summed E-state index contributed by atoms with van der Waals surface area (Å²) < 4.78 is 5.56. The number of hydrogen-bond acceptors (Lipinski definition) is 5. The molecule has 0 radical (unpaired) electrons. The van der Waals surface area contributed by atoms with Gasteiger partial charge in [-0.15, -0.1) is 0 Å². The first-order valence-electron chi connectivity index (χ1n) is 7.61. The van der Waals surface area contributed by atoms with Crippen molar-refractivity contribution in [2.75, 3.05) is 50.0 Å². The molecule has 5 heteroatoms. The first-order chi connectivity index (χ1) is 9.89. The fourth-order valence-corrected chi connectivity index (χ4v) is 2.71. The van der Waals surface area contributed by atoms with Crippen LogP contribution in [0.3, 0.4) is 0 Å². The molecule has 1 aliphatic rings. The molecule has 0 atom stereocenters. The number of benzene rings is 1. The largest absolute Gasteiger partial charge is 0.492 e. The van der Waals surface area contributed by atoms with E-state index < -0.39 is 5.60 Å². The van der Waals surface area contributed by atoms with Gasteiger partial charge in [0.15, 0.2) is 0 Å². The van der Waals surface area contributed by atoms with E-state index in [4.69, 9.17) is 10.5 Å². The van der Waals surface area contributed by atoms with Gasteiger partial charge < -0.3 is 20.5 Å². The van der Waals surface area contributed by atoms with Crippen molar-refractivity contribution in [1.82, 2.24) is 4.90 Å². The third-order valence-corrected chi connectivity index (χ3v) is 3.64. The summed E-state index contributed by atoms with van der Waals surface area (Å²) >= 11 is 0. The van der Waals surface area contributed by atoms with E-state index in [1.54, 1.807) is 0 Å². The predicted octanol–water partition coefficient (Wildman–Crippen LogP) is 1.56. The summed E-state index contributed by atoms with van der Waals surface area (Å²) in [5.41, 5.74) is 7.11. The van der Waals surface area contributed by atoms with Crippen LogP contribution in [-0.4, -0.2) is 54.9 Å². The van der Waals surface area contributed by atoms with Crippen molar-refractivity contribution in [3.8, 4) is 5.75 Å². The van der Waals surface area contributed by atoms with E-state index >= 15 is 0 Å². The van der Waals surface area contributed by atoms with Gasteiger partial charge in [0.05, 0.1) is 17.9 Å². The zero-order valence-corrected chi connectivity index (χ0v) is 13.3. The number of piperazine rings is 1. The average Bonchev–Trinajstić information content (AvgIpc) is 2.41. The minimum absolute atomic E-state index is 0.618. The summed E-state index contributed by atoms with van der Waals surface area (Å²) in [4.78, 5) is 4.64. The summed E-state index contributed by atoms with van der Waals surface area (Å²) in [6.07, 6.45) is 0. The molecule has 1 heterocycles. The Morgan fingerprint density at radius 3 is 2.48 bits per heavy atom. The smallest absolute Gasteiger partial charge is 0.144 e. The molecule has 0 unspecified atom stereocenters. The Bertz CT molecular complexity index is 463. The van der Waals surface area contributed by atoms with Crippen LogP contribution in [0.1, 0.15) is 20.8 Å². The van der Waals surface area contributed by atoms with Crippen LogP contribution in [0.2, 0.25) is 0 Å². The first-order valence-corrected chi connectivity index (χ1v) is 7.61. The molecule has 1 aromatic carbocycles. The van der Waals surface area contributed by atoms with Crippen molar-refractivity contribution in [2.24, 2.45) is 0 Å². The fourth-order valence-electron chi connectivity index (χ4n) is 2.71. The third-order valence-electron chi connectivity index (χ3n) is 3.64. The number of anilines is 2. The van der Waals surface area contributed by atoms with Crippen LogP contribution in [-0.2, 0) is 0 Å². The number of ether oxygens (including phenoxy) is 1. The van der Waals surface area contributed by atoms with Crippen molar-refractivity contribution in [2.45, 2.75) is 26.4 Å². The van der Waals surface area contributed by atoms with E-state index in [0.29, 0.717) is 18.8 Å². The highest BCUT2D eigenvalue weighted by Crippen LogP contribution is 2.28. The monoisotopic (exact) mass is 293 g/mol. The van der Waals surface area contributed by atoms with Crippen molar-refractivity contribution in [3.63, 3.8) is 0 Å². The number of hydrogen-bond donors (Lipinski definition) is 2. The Kier molecular flexibility index (Phi) is 4.96. The highest BCUT2D eigenvalue weighted by Gasteiger charge is 2.23. The maximum absolute atomic E-state index is 9.89. The van der Waals surface area contributed by atoms with Gasteiger partial charge in [-0.25, -0.2) is 0 Å². The highest BCUT2D eigenvalue weighted by molar-refractivity contribution is 5.62. The van der Waals surface area contributed by atoms with Gasteiger partial charge >= 0.3 is 0 Å². The molecule has 1 aromatic rings. The van der Waals surface area contributed by atoms with E-state index in [1.807, 2.05) is 39.0 Å². The van der Waals surface area contributed by atoms with Gasteiger partial charge in [0.25, 0.3) is 0 Å². The minimum Gasteiger partial charge on any atom is -0.492 e. The average molecular weight is 293 g/mol. The number of rotatable bonds is 5. The molecule has 0 bridgehead atoms. The second-order valence-electron chi connectivity index (χ2n) is 6.23. The summed E-state index contributed by atoms with van der Waals surface area (Å²) in [6.45, 7) is 10.8. The van der Waals surface area contributed by atoms with Crippen molar-refractivity contribution < 1.29 is 9.84 Å². The Labute approximate surface area is 127 Å². The van der Waals surface area contributed by atoms with Gasteiger partial charge in [0.2, 0.25) is 0 Å². The Morgan fingerprint density at radius 2 is 1.90 bits per heavy atom. The number of β-amino-alcohol motifs (C(OH)–C–C–N with tert-alkyl or cyclic N) is 1. The van der Waals surface area contributed by atoms with Crippen LogP contribution in [0.5, 0.6) is 5.75 Å². The standard InChI is InChI=1S/C16H27N3O2/c1-4-21-15-11-13(5-6-14(15)17)19-9-7-18(8-10-19)12-16(2,3)20/h5-6,11,20H,4,7-10,12,17H2,1-3H3. The number of nitrogens with zero attached hydrogens (tertiary/aromatic N) is 2. The lowest BCUT2D eigenvalue weighted by Crippen LogP contribution is -2.50. The van der Waals surface area contributed by atoms with Gasteiger partial charge in [0, 0.05) is 44.5 Å². The van der Waals surface area contributed by atoms with Gasteiger partial charge in [-0.05, 0) is 32.9 Å². The lowest BCUT2D eigenvalue weighted by molar-refractivity contribution is 0.0345. The topological polar surface area (TPSA) is 62.0 Å². The molecule has 5 nitrogen and oxygen atoms in total. The summed E-state index contributed by atoms with van der Waals surface area (Å²) in [5, 5.41) is 9.89. The van der Waals surface area contributed by atoms with Crippen LogP contribution >= 0.6 is 0 Å². The van der Waals surface area contributed by atoms with E-state index in [2.05, 4.69) is 9.80 Å². The van der Waals surface area contributed by atoms with E-state index in [1.165, 1.54) is 0 Å². The number of nitrogens with two attached hydrogens (primary N) is 1. The normalized spacial score (nSPS) is 17.0. The van der Waals surface area contributed by atoms with Crippen molar-refractivity contribution in [1.29, 1.82) is 0 Å². The molecule has 0 spiro atoms. The van der Waals surface area contributed by atoms with Gasteiger partial charge in [-0.2, -0.15) is 0 Å². The molecule has 0 saturated carbocycles. The molecular formula is C16H27N3O2. The van der Waals surface area contributed by atoms with Crippen molar-refractivity contribution in [3.05, 3.63) is 18.2 Å². The van der Waals surface area contributed by atoms with Crippen LogP contribution in [0.4, 0.5) is 11.4 Å². The molecule has 0 aromatic heterocycles. The maximum Gasteiger partial charge on any atom is 0.144 e. The lowest BCUT2D eigenvalue weighted by Gasteiger charge is -2.38. The molecular weight excluding hydrogens is 266 g/mol. The fraction of sp³-hybridized carbons (Fsp3) is 0.625. The minimum atomic E-state index is -0.633. The predicted molar refractivity (Wildman–Crippen MR) is 87.0 cm³/mol. The van der Waals surface area contributed by atoms with Gasteiger partial charge in [0.1, 0.15) is 5.75 Å². The summed E-state index contributed by atoms with van der Waals surface area (Å²) in [7, 11) is 0.